The molecule has 1 amide bonds. The van der Waals surface area contributed by atoms with E-state index in [1.165, 1.54) is 12.7 Å². The van der Waals surface area contributed by atoms with Crippen molar-refractivity contribution >= 4 is 6.09 Å². The van der Waals surface area contributed by atoms with Crippen LogP contribution in [0.2, 0.25) is 0 Å². The van der Waals surface area contributed by atoms with Crippen molar-refractivity contribution < 1.29 is 23.7 Å². The van der Waals surface area contributed by atoms with E-state index >= 15 is 0 Å². The first kappa shape index (κ1) is 17.5. The van der Waals surface area contributed by atoms with Crippen molar-refractivity contribution in [1.82, 2.24) is 4.90 Å². The zero-order chi connectivity index (χ0) is 19.1. The molecule has 0 unspecified atom stereocenters. The molecule has 0 bridgehead atoms. The molecule has 2 aromatic carbocycles. The van der Waals surface area contributed by atoms with Crippen LogP contribution in [0.3, 0.4) is 0 Å². The average Bonchev–Trinajstić information content (AvgIpc) is 2.72. The highest BCUT2D eigenvalue weighted by molar-refractivity contribution is 5.85. The Labute approximate surface area is 158 Å². The maximum Gasteiger partial charge on any atom is 0.410 e. The van der Waals surface area contributed by atoms with E-state index in [9.17, 15) is 4.79 Å². The molecule has 6 nitrogen and oxygen atoms in total. The summed E-state index contributed by atoms with van der Waals surface area (Å²) in [5, 5.41) is 0. The summed E-state index contributed by atoms with van der Waals surface area (Å²) < 4.78 is 21.8. The zero-order valence-electron chi connectivity index (χ0n) is 16.0. The first-order valence-corrected chi connectivity index (χ1v) is 8.92. The number of benzene rings is 2. The highest BCUT2D eigenvalue weighted by Crippen LogP contribution is 2.53. The van der Waals surface area contributed by atoms with Crippen LogP contribution in [0.4, 0.5) is 4.79 Å². The number of carbonyl (C=O) groups is 1. The number of fused-ring (bicyclic) bond motifs is 2. The fourth-order valence-corrected chi connectivity index (χ4v) is 4.32. The molecular formula is C21H23NO5. The third kappa shape index (κ3) is 2.59. The molecule has 142 valence electrons. The van der Waals surface area contributed by atoms with Crippen LogP contribution < -0.4 is 14.2 Å². The molecule has 2 aliphatic rings. The van der Waals surface area contributed by atoms with Gasteiger partial charge in [-0.05, 0) is 53.3 Å². The van der Waals surface area contributed by atoms with Crippen molar-refractivity contribution in [3.8, 4) is 28.4 Å². The van der Waals surface area contributed by atoms with Crippen molar-refractivity contribution in [2.75, 3.05) is 35.0 Å². The van der Waals surface area contributed by atoms with Crippen molar-refractivity contribution in [1.29, 1.82) is 0 Å². The maximum atomic E-state index is 12.4. The average molecular weight is 369 g/mol. The number of rotatable bonds is 3. The van der Waals surface area contributed by atoms with Gasteiger partial charge in [0.05, 0.1) is 34.5 Å². The van der Waals surface area contributed by atoms with Crippen LogP contribution in [0.1, 0.15) is 22.7 Å². The van der Waals surface area contributed by atoms with Crippen molar-refractivity contribution in [3.63, 3.8) is 0 Å². The van der Waals surface area contributed by atoms with Gasteiger partial charge in [0.25, 0.3) is 0 Å². The van der Waals surface area contributed by atoms with Gasteiger partial charge in [-0.2, -0.15) is 0 Å². The Balaban J connectivity index is 2.02. The molecule has 1 aliphatic heterocycles. The lowest BCUT2D eigenvalue weighted by Gasteiger charge is -2.41. The topological polar surface area (TPSA) is 57.2 Å². The molecule has 0 radical (unpaired) electrons. The fourth-order valence-electron chi connectivity index (χ4n) is 4.32. The maximum absolute atomic E-state index is 12.4. The third-order valence-corrected chi connectivity index (χ3v) is 5.54. The van der Waals surface area contributed by atoms with Gasteiger partial charge in [0.2, 0.25) is 0 Å². The van der Waals surface area contributed by atoms with Crippen LogP contribution in [0.15, 0.2) is 24.3 Å². The largest absolute Gasteiger partial charge is 0.497 e. The minimum absolute atomic E-state index is 0.0862. The van der Waals surface area contributed by atoms with Crippen LogP contribution in [0.25, 0.3) is 11.1 Å². The molecule has 0 N–H and O–H groups in total. The monoisotopic (exact) mass is 369 g/mol. The second-order valence-electron chi connectivity index (χ2n) is 6.72. The highest BCUT2D eigenvalue weighted by Gasteiger charge is 2.39. The van der Waals surface area contributed by atoms with E-state index in [2.05, 4.69) is 6.07 Å². The molecule has 2 aromatic rings. The molecule has 4 rings (SSSR count). The normalized spacial score (nSPS) is 16.9. The number of methoxy groups -OCH3 is 4. The van der Waals surface area contributed by atoms with Gasteiger partial charge < -0.3 is 23.8 Å². The number of amides is 1. The molecule has 1 aliphatic carbocycles. The van der Waals surface area contributed by atoms with E-state index < -0.39 is 0 Å². The van der Waals surface area contributed by atoms with E-state index in [-0.39, 0.29) is 12.1 Å². The molecule has 0 saturated carbocycles. The number of ether oxygens (including phenoxy) is 4. The second kappa shape index (κ2) is 6.68. The minimum Gasteiger partial charge on any atom is -0.497 e. The Morgan fingerprint density at radius 1 is 1.04 bits per heavy atom. The van der Waals surface area contributed by atoms with Crippen molar-refractivity contribution in [2.45, 2.75) is 18.9 Å². The highest BCUT2D eigenvalue weighted by atomic mass is 16.5. The lowest BCUT2D eigenvalue weighted by molar-refractivity contribution is 0.100. The van der Waals surface area contributed by atoms with Crippen LogP contribution in [-0.4, -0.2) is 46.0 Å². The zero-order valence-corrected chi connectivity index (χ0v) is 16.0. The summed E-state index contributed by atoms with van der Waals surface area (Å²) in [6.45, 7) is 0.616. The Hall–Kier alpha value is -2.89. The Morgan fingerprint density at radius 2 is 1.85 bits per heavy atom. The predicted octanol–water partition coefficient (Wildman–Crippen LogP) is 3.60. The van der Waals surface area contributed by atoms with E-state index in [0.717, 1.165) is 40.8 Å². The molecule has 1 heterocycles. The fraction of sp³-hybridized carbons (Fsp3) is 0.381. The molecule has 6 heteroatoms. The first-order chi connectivity index (χ1) is 13.1. The molecule has 0 saturated heterocycles. The van der Waals surface area contributed by atoms with Crippen LogP contribution in [0, 0.1) is 0 Å². The molecule has 0 fully saturated rings. The van der Waals surface area contributed by atoms with Gasteiger partial charge in [-0.15, -0.1) is 0 Å². The quantitative estimate of drug-likeness (QED) is 0.827. The minimum atomic E-state index is -0.302. The summed E-state index contributed by atoms with van der Waals surface area (Å²) in [5.74, 6) is 2.17. The van der Waals surface area contributed by atoms with Gasteiger partial charge in [-0.25, -0.2) is 4.79 Å². The molecule has 0 spiro atoms. The first-order valence-electron chi connectivity index (χ1n) is 8.92. The summed E-state index contributed by atoms with van der Waals surface area (Å²) in [6, 6.07) is 7.98. The number of hydrogen-bond acceptors (Lipinski definition) is 5. The number of carbonyl (C=O) groups excluding carboxylic acids is 1. The molecule has 0 aromatic heterocycles. The lowest BCUT2D eigenvalue weighted by Crippen LogP contribution is -2.42. The van der Waals surface area contributed by atoms with Gasteiger partial charge >= 0.3 is 6.09 Å². The van der Waals surface area contributed by atoms with E-state index in [0.29, 0.717) is 18.0 Å². The lowest BCUT2D eigenvalue weighted by atomic mass is 9.76. The predicted molar refractivity (Wildman–Crippen MR) is 101 cm³/mol. The second-order valence-corrected chi connectivity index (χ2v) is 6.72. The summed E-state index contributed by atoms with van der Waals surface area (Å²) in [4.78, 5) is 14.2. The van der Waals surface area contributed by atoms with Crippen molar-refractivity contribution in [2.24, 2.45) is 0 Å². The smallest absolute Gasteiger partial charge is 0.410 e. The van der Waals surface area contributed by atoms with Gasteiger partial charge in [0.1, 0.15) is 5.75 Å². The van der Waals surface area contributed by atoms with E-state index in [1.807, 2.05) is 23.1 Å². The van der Waals surface area contributed by atoms with Crippen LogP contribution >= 0.6 is 0 Å². The summed E-state index contributed by atoms with van der Waals surface area (Å²) in [6.07, 6.45) is 1.17. The van der Waals surface area contributed by atoms with Gasteiger partial charge in [-0.3, -0.25) is 0 Å². The summed E-state index contributed by atoms with van der Waals surface area (Å²) in [7, 11) is 6.37. The van der Waals surface area contributed by atoms with E-state index in [1.54, 1.807) is 21.3 Å². The third-order valence-electron chi connectivity index (χ3n) is 5.54. The SMILES string of the molecule is COC(=O)N1CCc2cc(OC)c(OC)c3c2[C@H]1Cc1ccc(OC)cc1-3. The Morgan fingerprint density at radius 3 is 2.52 bits per heavy atom. The number of nitrogens with zero attached hydrogens (tertiary/aromatic N) is 1. The van der Waals surface area contributed by atoms with Crippen molar-refractivity contribution in [3.05, 3.63) is 41.0 Å². The van der Waals surface area contributed by atoms with Gasteiger partial charge in [-0.1, -0.05) is 6.07 Å². The van der Waals surface area contributed by atoms with Gasteiger partial charge in [0, 0.05) is 12.1 Å². The standard InChI is InChI=1S/C21H23NO5/c1-24-14-6-5-12-9-16-18-13(7-8-22(16)21(23)27-4)10-17(25-2)20(26-3)19(18)15(12)11-14/h5-6,10-11,16H,7-9H2,1-4H3/t16-/m1/s1. The molecule has 27 heavy (non-hydrogen) atoms. The Bertz CT molecular complexity index is 908. The van der Waals surface area contributed by atoms with Crippen LogP contribution in [0.5, 0.6) is 17.2 Å². The summed E-state index contributed by atoms with van der Waals surface area (Å²) >= 11 is 0. The molecular weight excluding hydrogens is 346 g/mol. The number of hydrogen-bond donors (Lipinski definition) is 0. The molecule has 1 atom stereocenters. The van der Waals surface area contributed by atoms with Crippen LogP contribution in [-0.2, 0) is 17.6 Å². The summed E-state index contributed by atoms with van der Waals surface area (Å²) in [5.41, 5.74) is 5.47. The van der Waals surface area contributed by atoms with Gasteiger partial charge in [0.15, 0.2) is 11.5 Å². The Kier molecular flexibility index (Phi) is 4.34. The van der Waals surface area contributed by atoms with E-state index in [4.69, 9.17) is 18.9 Å².